The van der Waals surface area contributed by atoms with E-state index in [4.69, 9.17) is 28.4 Å². The summed E-state index contributed by atoms with van der Waals surface area (Å²) < 4.78 is 38.3. The van der Waals surface area contributed by atoms with Crippen LogP contribution in [0, 0.1) is 5.92 Å². The van der Waals surface area contributed by atoms with Crippen molar-refractivity contribution in [2.45, 2.75) is 69.0 Å². The molecule has 7 rings (SSSR count). The Morgan fingerprint density at radius 1 is 0.816 bits per heavy atom. The van der Waals surface area contributed by atoms with Crippen molar-refractivity contribution in [1.82, 2.24) is 0 Å². The van der Waals surface area contributed by atoms with E-state index < -0.39 is 17.7 Å². The molecule has 0 bridgehead atoms. The summed E-state index contributed by atoms with van der Waals surface area (Å²) in [4.78, 5) is 0. The van der Waals surface area contributed by atoms with Crippen LogP contribution in [0.5, 0.6) is 0 Å². The molecule has 6 heteroatoms. The first-order valence-corrected chi connectivity index (χ1v) is 13.6. The lowest BCUT2D eigenvalue weighted by Crippen LogP contribution is -2.62. The fraction of sp³-hybridized carbons (Fsp3) is 0.438. The molecule has 0 aromatic heterocycles. The molecular formula is C32H34O6. The average Bonchev–Trinajstić information content (AvgIpc) is 3.53. The third-order valence-corrected chi connectivity index (χ3v) is 8.14. The van der Waals surface area contributed by atoms with E-state index in [0.29, 0.717) is 25.0 Å². The molecule has 1 aliphatic carbocycles. The van der Waals surface area contributed by atoms with Gasteiger partial charge in [0.25, 0.3) is 0 Å². The van der Waals surface area contributed by atoms with E-state index in [1.54, 1.807) is 0 Å². The summed E-state index contributed by atoms with van der Waals surface area (Å²) in [7, 11) is 0. The fourth-order valence-corrected chi connectivity index (χ4v) is 6.07. The Hall–Kier alpha value is -2.58. The number of ether oxygens (including phenoxy) is 6. The first kappa shape index (κ1) is 24.5. The van der Waals surface area contributed by atoms with Gasteiger partial charge in [-0.1, -0.05) is 84.9 Å². The lowest BCUT2D eigenvalue weighted by Gasteiger charge is -2.43. The van der Waals surface area contributed by atoms with Crippen molar-refractivity contribution >= 4 is 0 Å². The van der Waals surface area contributed by atoms with Gasteiger partial charge >= 0.3 is 0 Å². The fourth-order valence-electron chi connectivity index (χ4n) is 6.07. The van der Waals surface area contributed by atoms with Crippen LogP contribution in [0.15, 0.2) is 84.9 Å². The SMILES string of the molecule is CC1(C)OC[C@]2(OC[C@H]3O[C@H]([C@@H]4C[C@H]4c4ccccc4)O[C@H]3[C@@H]2OCc2ccc(-c3ccccc3)cc2)O1. The highest BCUT2D eigenvalue weighted by molar-refractivity contribution is 5.63. The molecule has 3 saturated heterocycles. The summed E-state index contributed by atoms with van der Waals surface area (Å²) in [6.07, 6.45) is -0.213. The molecule has 3 aromatic carbocycles. The van der Waals surface area contributed by atoms with Crippen LogP contribution in [0.3, 0.4) is 0 Å². The topological polar surface area (TPSA) is 55.4 Å². The van der Waals surface area contributed by atoms with Crippen molar-refractivity contribution in [3.63, 3.8) is 0 Å². The van der Waals surface area contributed by atoms with E-state index in [9.17, 15) is 0 Å². The number of hydrogen-bond acceptors (Lipinski definition) is 6. The lowest BCUT2D eigenvalue weighted by atomic mass is 9.97. The highest BCUT2D eigenvalue weighted by atomic mass is 16.9. The molecule has 3 heterocycles. The maximum absolute atomic E-state index is 6.61. The second-order valence-electron chi connectivity index (χ2n) is 11.3. The van der Waals surface area contributed by atoms with Crippen molar-refractivity contribution in [1.29, 1.82) is 0 Å². The zero-order valence-electron chi connectivity index (χ0n) is 21.8. The van der Waals surface area contributed by atoms with Gasteiger partial charge in [0.05, 0.1) is 13.2 Å². The van der Waals surface area contributed by atoms with Crippen molar-refractivity contribution in [2.24, 2.45) is 5.92 Å². The molecule has 1 spiro atoms. The molecule has 3 aromatic rings. The highest BCUT2D eigenvalue weighted by Crippen LogP contribution is 2.54. The van der Waals surface area contributed by atoms with Gasteiger partial charge in [0.2, 0.25) is 5.79 Å². The quantitative estimate of drug-likeness (QED) is 0.423. The lowest BCUT2D eigenvalue weighted by molar-refractivity contribution is -0.336. The highest BCUT2D eigenvalue weighted by Gasteiger charge is 2.64. The van der Waals surface area contributed by atoms with Gasteiger partial charge in [-0.15, -0.1) is 0 Å². The molecule has 4 fully saturated rings. The molecule has 4 aliphatic rings. The Morgan fingerprint density at radius 3 is 2.24 bits per heavy atom. The Labute approximate surface area is 223 Å². The Balaban J connectivity index is 1.08. The van der Waals surface area contributed by atoms with Crippen LogP contribution in [0.25, 0.3) is 11.1 Å². The summed E-state index contributed by atoms with van der Waals surface area (Å²) in [5, 5.41) is 0. The van der Waals surface area contributed by atoms with Gasteiger partial charge in [-0.05, 0) is 48.4 Å². The second-order valence-corrected chi connectivity index (χ2v) is 11.3. The molecule has 6 nitrogen and oxygen atoms in total. The first-order valence-electron chi connectivity index (χ1n) is 13.6. The minimum absolute atomic E-state index is 0.208. The molecule has 3 aliphatic heterocycles. The Kier molecular flexibility index (Phi) is 6.15. The summed E-state index contributed by atoms with van der Waals surface area (Å²) >= 11 is 0. The number of fused-ring (bicyclic) bond motifs is 1. The standard InChI is InChI=1S/C32H34O6/c1-31(2)35-20-32(38-31)29(33-18-21-13-15-23(16-14-21)22-9-5-3-6-10-22)28-27(19-34-32)36-30(37-28)26-17-25(26)24-11-7-4-8-12-24/h3-16,25-30H,17-20H2,1-2H3/t25-,26+,27+,28+,29-,30-,32-/m0/s1. The molecule has 38 heavy (non-hydrogen) atoms. The zero-order chi connectivity index (χ0) is 25.7. The van der Waals surface area contributed by atoms with Gasteiger partial charge in [-0.3, -0.25) is 0 Å². The van der Waals surface area contributed by atoms with Crippen LogP contribution in [0.1, 0.15) is 37.3 Å². The Bertz CT molecular complexity index is 1250. The smallest absolute Gasteiger partial charge is 0.224 e. The van der Waals surface area contributed by atoms with Gasteiger partial charge < -0.3 is 28.4 Å². The third kappa shape index (κ3) is 4.60. The summed E-state index contributed by atoms with van der Waals surface area (Å²) in [6.45, 7) is 4.88. The van der Waals surface area contributed by atoms with Gasteiger partial charge in [0.1, 0.15) is 24.9 Å². The van der Waals surface area contributed by atoms with Gasteiger partial charge in [-0.25, -0.2) is 0 Å². The Morgan fingerprint density at radius 2 is 1.53 bits per heavy atom. The summed E-state index contributed by atoms with van der Waals surface area (Å²) in [5.74, 6) is -1.000. The van der Waals surface area contributed by atoms with Gasteiger partial charge in [0.15, 0.2) is 12.1 Å². The molecule has 198 valence electrons. The minimum atomic E-state index is -1.03. The van der Waals surface area contributed by atoms with E-state index in [0.717, 1.165) is 12.0 Å². The van der Waals surface area contributed by atoms with Crippen molar-refractivity contribution in [2.75, 3.05) is 13.2 Å². The summed E-state index contributed by atoms with van der Waals surface area (Å²) in [5.41, 5.74) is 4.78. The molecular weight excluding hydrogens is 480 g/mol. The van der Waals surface area contributed by atoms with Crippen molar-refractivity contribution < 1.29 is 28.4 Å². The predicted molar refractivity (Wildman–Crippen MR) is 141 cm³/mol. The van der Waals surface area contributed by atoms with Crippen molar-refractivity contribution in [3.05, 3.63) is 96.1 Å². The molecule has 0 unspecified atom stereocenters. The maximum Gasteiger partial charge on any atom is 0.224 e. The number of hydrogen-bond donors (Lipinski definition) is 0. The van der Waals surface area contributed by atoms with E-state index in [1.165, 1.54) is 16.7 Å². The second kappa shape index (κ2) is 9.56. The first-order chi connectivity index (χ1) is 18.5. The minimum Gasteiger partial charge on any atom is -0.365 e. The van der Waals surface area contributed by atoms with E-state index in [-0.39, 0.29) is 25.1 Å². The van der Waals surface area contributed by atoms with Crippen LogP contribution < -0.4 is 0 Å². The molecule has 1 saturated carbocycles. The number of benzene rings is 3. The monoisotopic (exact) mass is 514 g/mol. The molecule has 7 atom stereocenters. The normalized spacial score (nSPS) is 35.3. The molecule has 0 amide bonds. The van der Waals surface area contributed by atoms with Crippen LogP contribution in [0.2, 0.25) is 0 Å². The van der Waals surface area contributed by atoms with Crippen molar-refractivity contribution in [3.8, 4) is 11.1 Å². The van der Waals surface area contributed by atoms with Crippen LogP contribution in [-0.2, 0) is 35.0 Å². The summed E-state index contributed by atoms with van der Waals surface area (Å²) in [6, 6.07) is 29.4. The van der Waals surface area contributed by atoms with Crippen LogP contribution in [0.4, 0.5) is 0 Å². The maximum atomic E-state index is 6.61. The van der Waals surface area contributed by atoms with E-state index >= 15 is 0 Å². The van der Waals surface area contributed by atoms with Gasteiger partial charge in [0, 0.05) is 5.92 Å². The molecule has 0 radical (unpaired) electrons. The largest absolute Gasteiger partial charge is 0.365 e. The zero-order valence-corrected chi connectivity index (χ0v) is 21.8. The van der Waals surface area contributed by atoms with Crippen LogP contribution >= 0.6 is 0 Å². The van der Waals surface area contributed by atoms with Gasteiger partial charge in [-0.2, -0.15) is 0 Å². The van der Waals surface area contributed by atoms with E-state index in [1.807, 2.05) is 19.9 Å². The van der Waals surface area contributed by atoms with E-state index in [2.05, 4.69) is 78.9 Å². The predicted octanol–water partition coefficient (Wildman–Crippen LogP) is 5.66. The van der Waals surface area contributed by atoms with Crippen LogP contribution in [-0.4, -0.2) is 49.4 Å². The third-order valence-electron chi connectivity index (χ3n) is 8.14. The average molecular weight is 515 g/mol. The number of rotatable bonds is 6. The molecule has 0 N–H and O–H groups in total.